The molecular formula is C19H24N6O. The van der Waals surface area contributed by atoms with Crippen LogP contribution in [-0.2, 0) is 6.54 Å². The van der Waals surface area contributed by atoms with Crippen molar-refractivity contribution in [1.29, 1.82) is 0 Å². The van der Waals surface area contributed by atoms with Crippen LogP contribution in [0.15, 0.2) is 36.8 Å². The Labute approximate surface area is 152 Å². The predicted octanol–water partition coefficient (Wildman–Crippen LogP) is 2.69. The van der Waals surface area contributed by atoms with Crippen LogP contribution >= 0.6 is 0 Å². The van der Waals surface area contributed by atoms with Crippen molar-refractivity contribution >= 4 is 16.9 Å². The minimum atomic E-state index is 0.666. The first-order valence-corrected chi connectivity index (χ1v) is 9.05. The average Bonchev–Trinajstić information content (AvgIpc) is 3.17. The van der Waals surface area contributed by atoms with Crippen LogP contribution in [0.1, 0.15) is 18.4 Å². The maximum absolute atomic E-state index is 5.22. The lowest BCUT2D eigenvalue weighted by Gasteiger charge is -2.32. The summed E-state index contributed by atoms with van der Waals surface area (Å²) in [6, 6.07) is 8.37. The molecule has 4 rings (SSSR count). The summed E-state index contributed by atoms with van der Waals surface area (Å²) >= 11 is 0. The lowest BCUT2D eigenvalue weighted by atomic mass is 9.96. The Morgan fingerprint density at radius 3 is 2.77 bits per heavy atom. The second-order valence-electron chi connectivity index (χ2n) is 6.80. The van der Waals surface area contributed by atoms with Crippen LogP contribution in [0.3, 0.4) is 0 Å². The predicted molar refractivity (Wildman–Crippen MR) is 101 cm³/mol. The van der Waals surface area contributed by atoms with Crippen molar-refractivity contribution in [2.45, 2.75) is 19.4 Å². The minimum absolute atomic E-state index is 0.666. The molecule has 7 heteroatoms. The van der Waals surface area contributed by atoms with Gasteiger partial charge in [0.2, 0.25) is 0 Å². The van der Waals surface area contributed by atoms with E-state index < -0.39 is 0 Å². The minimum Gasteiger partial charge on any atom is -0.497 e. The number of methoxy groups -OCH3 is 1. The van der Waals surface area contributed by atoms with E-state index in [9.17, 15) is 0 Å². The molecule has 3 aromatic rings. The normalized spacial score (nSPS) is 16.0. The van der Waals surface area contributed by atoms with E-state index in [4.69, 9.17) is 4.74 Å². The van der Waals surface area contributed by atoms with E-state index in [0.717, 1.165) is 48.8 Å². The molecule has 0 radical (unpaired) electrons. The first-order valence-electron chi connectivity index (χ1n) is 9.05. The number of rotatable bonds is 6. The van der Waals surface area contributed by atoms with E-state index in [0.29, 0.717) is 5.92 Å². The summed E-state index contributed by atoms with van der Waals surface area (Å²) in [6.07, 6.45) is 5.74. The van der Waals surface area contributed by atoms with Gasteiger partial charge in [-0.25, -0.2) is 9.97 Å². The lowest BCUT2D eigenvalue weighted by molar-refractivity contribution is 0.182. The van der Waals surface area contributed by atoms with E-state index in [-0.39, 0.29) is 0 Å². The number of nitrogens with one attached hydrogen (secondary N) is 2. The molecule has 26 heavy (non-hydrogen) atoms. The molecule has 136 valence electrons. The van der Waals surface area contributed by atoms with Crippen LogP contribution in [0, 0.1) is 5.92 Å². The molecule has 1 aliphatic heterocycles. The summed E-state index contributed by atoms with van der Waals surface area (Å²) in [6.45, 7) is 4.20. The molecule has 2 aromatic heterocycles. The van der Waals surface area contributed by atoms with Crippen LogP contribution in [0.5, 0.6) is 5.75 Å². The van der Waals surface area contributed by atoms with Gasteiger partial charge in [-0.15, -0.1) is 0 Å². The van der Waals surface area contributed by atoms with E-state index >= 15 is 0 Å². The van der Waals surface area contributed by atoms with Crippen molar-refractivity contribution in [2.24, 2.45) is 5.92 Å². The van der Waals surface area contributed by atoms with Crippen LogP contribution < -0.4 is 10.1 Å². The third-order valence-electron chi connectivity index (χ3n) is 5.08. The maximum atomic E-state index is 5.22. The van der Waals surface area contributed by atoms with Gasteiger partial charge in [-0.3, -0.25) is 10.00 Å². The van der Waals surface area contributed by atoms with Crippen LogP contribution in [0.2, 0.25) is 0 Å². The number of H-pyrrole nitrogens is 1. The number of fused-ring (bicyclic) bond motifs is 1. The standard InChI is InChI=1S/C19H24N6O/c1-26-16-4-2-15(3-5-16)12-25-8-6-14(7-9-25)10-20-18-17-11-23-24-19(17)22-13-21-18/h2-5,11,13-14H,6-10,12H2,1H3,(H2,20,21,22,23,24). The largest absolute Gasteiger partial charge is 0.497 e. The van der Waals surface area contributed by atoms with E-state index in [2.05, 4.69) is 42.5 Å². The number of likely N-dealkylation sites (tertiary alicyclic amines) is 1. The van der Waals surface area contributed by atoms with Crippen molar-refractivity contribution in [3.63, 3.8) is 0 Å². The SMILES string of the molecule is COc1ccc(CN2CCC(CNc3ncnc4[nH]ncc34)CC2)cc1. The fraction of sp³-hybridized carbons (Fsp3) is 0.421. The Balaban J connectivity index is 1.26. The lowest BCUT2D eigenvalue weighted by Crippen LogP contribution is -2.35. The Hall–Kier alpha value is -2.67. The Morgan fingerprint density at radius 1 is 1.19 bits per heavy atom. The van der Waals surface area contributed by atoms with E-state index in [1.807, 2.05) is 12.1 Å². The fourth-order valence-corrected chi connectivity index (χ4v) is 3.48. The van der Waals surface area contributed by atoms with Crippen molar-refractivity contribution < 1.29 is 4.74 Å². The zero-order valence-electron chi connectivity index (χ0n) is 15.0. The summed E-state index contributed by atoms with van der Waals surface area (Å²) in [5.41, 5.74) is 2.11. The summed E-state index contributed by atoms with van der Waals surface area (Å²) in [5.74, 6) is 2.44. The van der Waals surface area contributed by atoms with Crippen molar-refractivity contribution in [3.8, 4) is 5.75 Å². The number of aromatic amines is 1. The van der Waals surface area contributed by atoms with Crippen LogP contribution in [0.25, 0.3) is 11.0 Å². The zero-order valence-corrected chi connectivity index (χ0v) is 15.0. The molecule has 0 spiro atoms. The molecule has 0 atom stereocenters. The van der Waals surface area contributed by atoms with Crippen LogP contribution in [0.4, 0.5) is 5.82 Å². The van der Waals surface area contributed by atoms with Gasteiger partial charge in [0.25, 0.3) is 0 Å². The second-order valence-corrected chi connectivity index (χ2v) is 6.80. The molecule has 1 fully saturated rings. The smallest absolute Gasteiger partial charge is 0.160 e. The zero-order chi connectivity index (χ0) is 17.8. The van der Waals surface area contributed by atoms with Gasteiger partial charge in [0.05, 0.1) is 18.7 Å². The molecule has 0 bridgehead atoms. The van der Waals surface area contributed by atoms with Gasteiger partial charge >= 0.3 is 0 Å². The molecule has 0 aliphatic carbocycles. The summed E-state index contributed by atoms with van der Waals surface area (Å²) < 4.78 is 5.22. The molecule has 3 heterocycles. The highest BCUT2D eigenvalue weighted by molar-refractivity contribution is 5.85. The van der Waals surface area contributed by atoms with Crippen molar-refractivity contribution in [3.05, 3.63) is 42.4 Å². The molecule has 7 nitrogen and oxygen atoms in total. The van der Waals surface area contributed by atoms with Gasteiger partial charge in [-0.1, -0.05) is 12.1 Å². The van der Waals surface area contributed by atoms with Crippen molar-refractivity contribution in [2.75, 3.05) is 32.1 Å². The third-order valence-corrected chi connectivity index (χ3v) is 5.08. The van der Waals surface area contributed by atoms with Gasteiger partial charge in [-0.05, 0) is 49.5 Å². The Morgan fingerprint density at radius 2 is 2.00 bits per heavy atom. The number of benzene rings is 1. The number of anilines is 1. The van der Waals surface area contributed by atoms with Gasteiger partial charge in [0, 0.05) is 13.1 Å². The number of piperidine rings is 1. The monoisotopic (exact) mass is 352 g/mol. The summed E-state index contributed by atoms with van der Waals surface area (Å²) in [7, 11) is 1.70. The number of aromatic nitrogens is 4. The Kier molecular flexibility index (Phi) is 4.97. The molecule has 1 aromatic carbocycles. The molecule has 0 unspecified atom stereocenters. The summed E-state index contributed by atoms with van der Waals surface area (Å²) in [4.78, 5) is 11.0. The number of ether oxygens (including phenoxy) is 1. The highest BCUT2D eigenvalue weighted by Crippen LogP contribution is 2.22. The molecule has 0 saturated carbocycles. The van der Waals surface area contributed by atoms with Gasteiger partial charge in [0.15, 0.2) is 5.65 Å². The number of nitrogens with zero attached hydrogens (tertiary/aromatic N) is 4. The second kappa shape index (κ2) is 7.70. The topological polar surface area (TPSA) is 79.0 Å². The highest BCUT2D eigenvalue weighted by atomic mass is 16.5. The van der Waals surface area contributed by atoms with Gasteiger partial charge in [0.1, 0.15) is 17.9 Å². The van der Waals surface area contributed by atoms with Gasteiger partial charge < -0.3 is 10.1 Å². The number of hydrogen-bond acceptors (Lipinski definition) is 6. The average molecular weight is 352 g/mol. The van der Waals surface area contributed by atoms with Crippen molar-refractivity contribution in [1.82, 2.24) is 25.1 Å². The van der Waals surface area contributed by atoms with E-state index in [1.165, 1.54) is 18.4 Å². The first kappa shape index (κ1) is 16.8. The quantitative estimate of drug-likeness (QED) is 0.710. The Bertz CT molecular complexity index is 839. The molecule has 2 N–H and O–H groups in total. The molecular weight excluding hydrogens is 328 g/mol. The maximum Gasteiger partial charge on any atom is 0.160 e. The molecule has 1 aliphatic rings. The van der Waals surface area contributed by atoms with Crippen LogP contribution in [-0.4, -0.2) is 51.8 Å². The van der Waals surface area contributed by atoms with Gasteiger partial charge in [-0.2, -0.15) is 5.10 Å². The highest BCUT2D eigenvalue weighted by Gasteiger charge is 2.19. The fourth-order valence-electron chi connectivity index (χ4n) is 3.48. The van der Waals surface area contributed by atoms with E-state index in [1.54, 1.807) is 19.6 Å². The molecule has 1 saturated heterocycles. The first-order chi connectivity index (χ1) is 12.8. The number of hydrogen-bond donors (Lipinski definition) is 2. The summed E-state index contributed by atoms with van der Waals surface area (Å²) in [5, 5.41) is 11.3. The third kappa shape index (κ3) is 3.77. The molecule has 0 amide bonds.